The molecule has 1 aromatic heterocycles. The summed E-state index contributed by atoms with van der Waals surface area (Å²) in [6.45, 7) is 0. The third kappa shape index (κ3) is 2.38. The number of carboxylic acids is 1. The number of H-pyrrole nitrogens is 1. The minimum absolute atomic E-state index is 0.248. The molecule has 1 aromatic carbocycles. The van der Waals surface area contributed by atoms with Crippen molar-refractivity contribution in [2.45, 2.75) is 38.1 Å². The number of rotatable bonds is 3. The molecule has 0 aliphatic heterocycles. The highest BCUT2D eigenvalue weighted by Crippen LogP contribution is 2.28. The van der Waals surface area contributed by atoms with Gasteiger partial charge in [0.15, 0.2) is 0 Å². The second-order valence-electron chi connectivity index (χ2n) is 5.66. The second-order valence-corrected chi connectivity index (χ2v) is 5.66. The summed E-state index contributed by atoms with van der Waals surface area (Å²) in [5.74, 6) is -0.914. The lowest BCUT2D eigenvalue weighted by molar-refractivity contribution is 0.0691. The first-order valence-corrected chi connectivity index (χ1v) is 7.24. The van der Waals surface area contributed by atoms with E-state index in [1.54, 1.807) is 6.07 Å². The fourth-order valence-electron chi connectivity index (χ4n) is 3.13. The highest BCUT2D eigenvalue weighted by Gasteiger charge is 2.18. The van der Waals surface area contributed by atoms with Gasteiger partial charge in [0.05, 0.1) is 0 Å². The van der Waals surface area contributed by atoms with Gasteiger partial charge in [-0.3, -0.25) is 0 Å². The summed E-state index contributed by atoms with van der Waals surface area (Å²) in [7, 11) is 2.14. The molecule has 1 saturated carbocycles. The number of hydrogen-bond donors (Lipinski definition) is 2. The van der Waals surface area contributed by atoms with Crippen molar-refractivity contribution < 1.29 is 9.90 Å². The van der Waals surface area contributed by atoms with Crippen LogP contribution in [-0.2, 0) is 0 Å². The Kier molecular flexibility index (Phi) is 3.38. The van der Waals surface area contributed by atoms with Crippen LogP contribution >= 0.6 is 0 Å². The van der Waals surface area contributed by atoms with E-state index in [1.165, 1.54) is 37.8 Å². The summed E-state index contributed by atoms with van der Waals surface area (Å²) in [4.78, 5) is 16.3. The molecular weight excluding hydrogens is 252 g/mol. The fourth-order valence-corrected chi connectivity index (χ4v) is 3.13. The lowest BCUT2D eigenvalue weighted by Gasteiger charge is -2.33. The van der Waals surface area contributed by atoms with Gasteiger partial charge < -0.3 is 15.0 Å². The van der Waals surface area contributed by atoms with Gasteiger partial charge in [0.2, 0.25) is 0 Å². The first-order valence-electron chi connectivity index (χ1n) is 7.24. The Hall–Kier alpha value is -1.97. The molecule has 1 aliphatic carbocycles. The average Bonchev–Trinajstić information content (AvgIpc) is 2.90. The number of benzene rings is 1. The molecule has 0 atom stereocenters. The van der Waals surface area contributed by atoms with Crippen molar-refractivity contribution in [2.75, 3.05) is 11.9 Å². The van der Waals surface area contributed by atoms with Crippen LogP contribution in [0.5, 0.6) is 0 Å². The third-order valence-electron chi connectivity index (χ3n) is 4.36. The zero-order valence-electron chi connectivity index (χ0n) is 11.7. The molecule has 0 spiro atoms. The summed E-state index contributed by atoms with van der Waals surface area (Å²) >= 11 is 0. The highest BCUT2D eigenvalue weighted by molar-refractivity contribution is 5.94. The van der Waals surface area contributed by atoms with Gasteiger partial charge in [0, 0.05) is 29.7 Å². The number of hydrogen-bond acceptors (Lipinski definition) is 2. The van der Waals surface area contributed by atoms with Crippen LogP contribution in [0, 0.1) is 0 Å². The van der Waals surface area contributed by atoms with E-state index in [4.69, 9.17) is 5.11 Å². The molecule has 1 heterocycles. The Labute approximate surface area is 118 Å². The number of anilines is 1. The number of nitrogens with one attached hydrogen (secondary N) is 1. The van der Waals surface area contributed by atoms with Gasteiger partial charge in [-0.05, 0) is 37.1 Å². The van der Waals surface area contributed by atoms with Gasteiger partial charge in [0.1, 0.15) is 5.69 Å². The summed E-state index contributed by atoms with van der Waals surface area (Å²) in [6, 6.07) is 8.43. The van der Waals surface area contributed by atoms with Crippen molar-refractivity contribution in [3.05, 3.63) is 30.0 Å². The quantitative estimate of drug-likeness (QED) is 0.897. The number of aromatic amines is 1. The summed E-state index contributed by atoms with van der Waals surface area (Å²) in [5.41, 5.74) is 2.29. The maximum Gasteiger partial charge on any atom is 0.352 e. The number of fused-ring (bicyclic) bond motifs is 1. The molecule has 0 bridgehead atoms. The predicted octanol–water partition coefficient (Wildman–Crippen LogP) is 3.64. The second kappa shape index (κ2) is 5.19. The van der Waals surface area contributed by atoms with Gasteiger partial charge >= 0.3 is 5.97 Å². The molecule has 2 N–H and O–H groups in total. The molecule has 0 amide bonds. The smallest absolute Gasteiger partial charge is 0.352 e. The number of carbonyl (C=O) groups is 1. The number of aromatic nitrogens is 1. The monoisotopic (exact) mass is 272 g/mol. The zero-order valence-corrected chi connectivity index (χ0v) is 11.7. The Morgan fingerprint density at radius 1 is 1.25 bits per heavy atom. The summed E-state index contributed by atoms with van der Waals surface area (Å²) in [5, 5.41) is 9.99. The van der Waals surface area contributed by atoms with E-state index in [0.717, 1.165) is 10.9 Å². The van der Waals surface area contributed by atoms with Gasteiger partial charge in [0.25, 0.3) is 0 Å². The molecule has 106 valence electrons. The number of nitrogens with zero attached hydrogens (tertiary/aromatic N) is 1. The Morgan fingerprint density at radius 3 is 2.70 bits per heavy atom. The molecule has 0 radical (unpaired) electrons. The van der Waals surface area contributed by atoms with Crippen LogP contribution in [0.3, 0.4) is 0 Å². The third-order valence-corrected chi connectivity index (χ3v) is 4.36. The van der Waals surface area contributed by atoms with Crippen molar-refractivity contribution in [1.29, 1.82) is 0 Å². The minimum Gasteiger partial charge on any atom is -0.477 e. The molecule has 1 fully saturated rings. The summed E-state index contributed by atoms with van der Waals surface area (Å²) < 4.78 is 0. The lowest BCUT2D eigenvalue weighted by Crippen LogP contribution is -2.33. The lowest BCUT2D eigenvalue weighted by atomic mass is 9.94. The molecule has 4 heteroatoms. The van der Waals surface area contributed by atoms with Gasteiger partial charge in [-0.1, -0.05) is 19.3 Å². The Morgan fingerprint density at radius 2 is 2.00 bits per heavy atom. The van der Waals surface area contributed by atoms with Crippen molar-refractivity contribution >= 4 is 22.6 Å². The van der Waals surface area contributed by atoms with Gasteiger partial charge in [-0.2, -0.15) is 0 Å². The van der Waals surface area contributed by atoms with Crippen LogP contribution in [0.15, 0.2) is 24.3 Å². The molecule has 2 aromatic rings. The molecule has 0 saturated heterocycles. The molecular formula is C16H20N2O2. The van der Waals surface area contributed by atoms with E-state index < -0.39 is 5.97 Å². The molecule has 20 heavy (non-hydrogen) atoms. The topological polar surface area (TPSA) is 56.3 Å². The first-order chi connectivity index (χ1) is 9.65. The fraction of sp³-hybridized carbons (Fsp3) is 0.438. The molecule has 0 unspecified atom stereocenters. The van der Waals surface area contributed by atoms with Crippen molar-refractivity contribution in [3.8, 4) is 0 Å². The maximum absolute atomic E-state index is 11.0. The van der Waals surface area contributed by atoms with Crippen LogP contribution in [0.2, 0.25) is 0 Å². The van der Waals surface area contributed by atoms with E-state index in [1.807, 2.05) is 6.07 Å². The van der Waals surface area contributed by atoms with Crippen molar-refractivity contribution in [1.82, 2.24) is 4.98 Å². The van der Waals surface area contributed by atoms with E-state index in [2.05, 4.69) is 29.1 Å². The predicted molar refractivity (Wildman–Crippen MR) is 80.5 cm³/mol. The van der Waals surface area contributed by atoms with E-state index in [9.17, 15) is 4.79 Å². The van der Waals surface area contributed by atoms with Gasteiger partial charge in [-0.15, -0.1) is 0 Å². The standard InChI is InChI=1S/C16H20N2O2/c1-18(12-5-3-2-4-6-12)13-7-8-14-11(9-13)10-15(17-14)16(19)20/h7-10,12,17H,2-6H2,1H3,(H,19,20). The number of aromatic carboxylic acids is 1. The SMILES string of the molecule is CN(c1ccc2[nH]c(C(=O)O)cc2c1)C1CCCCC1. The number of carboxylic acid groups (broad SMARTS) is 1. The van der Waals surface area contributed by atoms with Crippen LogP contribution in [0.25, 0.3) is 10.9 Å². The Bertz CT molecular complexity index is 626. The van der Waals surface area contributed by atoms with Crippen LogP contribution < -0.4 is 4.90 Å². The normalized spacial score (nSPS) is 16.4. The average molecular weight is 272 g/mol. The van der Waals surface area contributed by atoms with E-state index in [0.29, 0.717) is 6.04 Å². The molecule has 1 aliphatic rings. The van der Waals surface area contributed by atoms with E-state index >= 15 is 0 Å². The van der Waals surface area contributed by atoms with Crippen molar-refractivity contribution in [2.24, 2.45) is 0 Å². The first kappa shape index (κ1) is 13.0. The van der Waals surface area contributed by atoms with Crippen LogP contribution in [0.4, 0.5) is 5.69 Å². The Balaban J connectivity index is 1.89. The molecule has 4 nitrogen and oxygen atoms in total. The van der Waals surface area contributed by atoms with Crippen molar-refractivity contribution in [3.63, 3.8) is 0 Å². The summed E-state index contributed by atoms with van der Waals surface area (Å²) in [6.07, 6.45) is 6.47. The van der Waals surface area contributed by atoms with Gasteiger partial charge in [-0.25, -0.2) is 4.79 Å². The largest absolute Gasteiger partial charge is 0.477 e. The van der Waals surface area contributed by atoms with Crippen LogP contribution in [-0.4, -0.2) is 29.1 Å². The van der Waals surface area contributed by atoms with Crippen LogP contribution in [0.1, 0.15) is 42.6 Å². The minimum atomic E-state index is -0.914. The highest BCUT2D eigenvalue weighted by atomic mass is 16.4. The zero-order chi connectivity index (χ0) is 14.1. The maximum atomic E-state index is 11.0. The van der Waals surface area contributed by atoms with E-state index in [-0.39, 0.29) is 5.69 Å². The molecule has 3 rings (SSSR count).